The molecule has 0 atom stereocenters. The summed E-state index contributed by atoms with van der Waals surface area (Å²) in [6.07, 6.45) is 2.11. The minimum atomic E-state index is -0.120. The Kier molecular flexibility index (Phi) is 3.22. The highest BCUT2D eigenvalue weighted by molar-refractivity contribution is 6.29. The van der Waals surface area contributed by atoms with E-state index in [-0.39, 0.29) is 16.9 Å². The minimum Gasteiger partial charge on any atom is -0.440 e. The molecule has 0 spiro atoms. The molecule has 1 fully saturated rings. The summed E-state index contributed by atoms with van der Waals surface area (Å²) in [6, 6.07) is 3.49. The Morgan fingerprint density at radius 1 is 1.53 bits per heavy atom. The smallest absolute Gasteiger partial charge is 0.289 e. The molecule has 0 unspecified atom stereocenters. The molecule has 1 saturated carbocycles. The van der Waals surface area contributed by atoms with Crippen LogP contribution in [0.25, 0.3) is 0 Å². The number of hydrogen-bond donors (Lipinski definition) is 0. The van der Waals surface area contributed by atoms with Crippen LogP contribution in [0.4, 0.5) is 0 Å². The lowest BCUT2D eigenvalue weighted by Crippen LogP contribution is -2.34. The molecule has 0 bridgehead atoms. The molecule has 1 heterocycles. The number of carbonyl (C=O) groups excluding carboxylic acids is 1. The first kappa shape index (κ1) is 10.8. The number of nitrogens with zero attached hydrogens (tertiary/aromatic N) is 1. The maximum absolute atomic E-state index is 11.9. The Morgan fingerprint density at radius 2 is 2.27 bits per heavy atom. The van der Waals surface area contributed by atoms with Crippen LogP contribution in [0.2, 0.25) is 5.22 Å². The number of carbonyl (C=O) groups is 1. The number of alkyl halides is 1. The van der Waals surface area contributed by atoms with E-state index in [1.165, 1.54) is 0 Å². The molecule has 0 saturated heterocycles. The lowest BCUT2D eigenvalue weighted by Gasteiger charge is -2.19. The van der Waals surface area contributed by atoms with Gasteiger partial charge in [0, 0.05) is 18.5 Å². The zero-order valence-corrected chi connectivity index (χ0v) is 9.59. The molecular weight excluding hydrogens is 237 g/mol. The standard InChI is InChI=1S/C10H11Cl2NO2/c11-5-6-13(7-1-2-7)10(14)8-3-4-9(12)15-8/h3-4,7H,1-2,5-6H2. The van der Waals surface area contributed by atoms with Crippen LogP contribution in [-0.2, 0) is 0 Å². The molecule has 0 aromatic carbocycles. The minimum absolute atomic E-state index is 0.120. The molecule has 0 N–H and O–H groups in total. The predicted octanol–water partition coefficient (Wildman–Crippen LogP) is 2.78. The van der Waals surface area contributed by atoms with Crippen molar-refractivity contribution >= 4 is 29.1 Å². The summed E-state index contributed by atoms with van der Waals surface area (Å²) < 4.78 is 5.08. The van der Waals surface area contributed by atoms with Gasteiger partial charge in [-0.2, -0.15) is 0 Å². The molecule has 15 heavy (non-hydrogen) atoms. The largest absolute Gasteiger partial charge is 0.440 e. The molecule has 1 aliphatic carbocycles. The van der Waals surface area contributed by atoms with Crippen LogP contribution in [0.15, 0.2) is 16.5 Å². The second-order valence-corrected chi connectivity index (χ2v) is 4.27. The lowest BCUT2D eigenvalue weighted by atomic mass is 10.3. The second-order valence-electron chi connectivity index (χ2n) is 3.52. The van der Waals surface area contributed by atoms with Crippen molar-refractivity contribution in [3.05, 3.63) is 23.1 Å². The van der Waals surface area contributed by atoms with Crippen LogP contribution in [0.1, 0.15) is 23.4 Å². The number of halogens is 2. The van der Waals surface area contributed by atoms with Crippen LogP contribution in [-0.4, -0.2) is 29.3 Å². The van der Waals surface area contributed by atoms with E-state index in [9.17, 15) is 4.79 Å². The summed E-state index contributed by atoms with van der Waals surface area (Å²) in [7, 11) is 0. The predicted molar refractivity (Wildman–Crippen MR) is 58.5 cm³/mol. The third-order valence-corrected chi connectivity index (χ3v) is 2.73. The van der Waals surface area contributed by atoms with Gasteiger partial charge in [0.1, 0.15) is 0 Å². The first-order valence-corrected chi connectivity index (χ1v) is 5.76. The Hall–Kier alpha value is -0.670. The summed E-state index contributed by atoms with van der Waals surface area (Å²) >= 11 is 11.3. The van der Waals surface area contributed by atoms with Crippen molar-refractivity contribution in [3.63, 3.8) is 0 Å². The zero-order chi connectivity index (χ0) is 10.8. The summed E-state index contributed by atoms with van der Waals surface area (Å²) in [6.45, 7) is 0.559. The SMILES string of the molecule is O=C(c1ccc(Cl)o1)N(CCCl)C1CC1. The van der Waals surface area contributed by atoms with Gasteiger partial charge in [-0.05, 0) is 36.6 Å². The Morgan fingerprint density at radius 3 is 2.73 bits per heavy atom. The highest BCUT2D eigenvalue weighted by Gasteiger charge is 2.33. The lowest BCUT2D eigenvalue weighted by molar-refractivity contribution is 0.0721. The van der Waals surface area contributed by atoms with Crippen LogP contribution < -0.4 is 0 Å². The van der Waals surface area contributed by atoms with E-state index < -0.39 is 0 Å². The van der Waals surface area contributed by atoms with Crippen molar-refractivity contribution in [2.45, 2.75) is 18.9 Å². The first-order valence-electron chi connectivity index (χ1n) is 4.84. The highest BCUT2D eigenvalue weighted by Crippen LogP contribution is 2.28. The molecular formula is C10H11Cl2NO2. The molecule has 5 heteroatoms. The van der Waals surface area contributed by atoms with Gasteiger partial charge in [-0.15, -0.1) is 11.6 Å². The van der Waals surface area contributed by atoms with Gasteiger partial charge >= 0.3 is 0 Å². The maximum atomic E-state index is 11.9. The highest BCUT2D eigenvalue weighted by atomic mass is 35.5. The molecule has 0 aliphatic heterocycles. The van der Waals surface area contributed by atoms with Crippen molar-refractivity contribution in [1.82, 2.24) is 4.90 Å². The second kappa shape index (κ2) is 4.45. The fourth-order valence-corrected chi connectivity index (χ4v) is 1.83. The molecule has 1 aromatic heterocycles. The van der Waals surface area contributed by atoms with Gasteiger partial charge in [0.2, 0.25) is 0 Å². The molecule has 82 valence electrons. The van der Waals surface area contributed by atoms with Crippen LogP contribution in [0.3, 0.4) is 0 Å². The zero-order valence-electron chi connectivity index (χ0n) is 8.08. The van der Waals surface area contributed by atoms with Crippen LogP contribution >= 0.6 is 23.2 Å². The van der Waals surface area contributed by atoms with Crippen molar-refractivity contribution in [1.29, 1.82) is 0 Å². The van der Waals surface area contributed by atoms with Gasteiger partial charge in [-0.1, -0.05) is 0 Å². The van der Waals surface area contributed by atoms with Gasteiger partial charge < -0.3 is 9.32 Å². The normalized spacial score (nSPS) is 15.3. The van der Waals surface area contributed by atoms with E-state index in [2.05, 4.69) is 0 Å². The quantitative estimate of drug-likeness (QED) is 0.767. The van der Waals surface area contributed by atoms with Crippen LogP contribution in [0, 0.1) is 0 Å². The van der Waals surface area contributed by atoms with E-state index >= 15 is 0 Å². The van der Waals surface area contributed by atoms with E-state index in [1.54, 1.807) is 17.0 Å². The van der Waals surface area contributed by atoms with Crippen LogP contribution in [0.5, 0.6) is 0 Å². The Balaban J connectivity index is 2.10. The average Bonchev–Trinajstić information content (AvgIpc) is 2.96. The van der Waals surface area contributed by atoms with Gasteiger partial charge in [-0.3, -0.25) is 4.79 Å². The molecule has 1 aromatic rings. The maximum Gasteiger partial charge on any atom is 0.289 e. The van der Waals surface area contributed by atoms with Gasteiger partial charge in [0.25, 0.3) is 5.91 Å². The van der Waals surface area contributed by atoms with E-state index in [4.69, 9.17) is 27.6 Å². The van der Waals surface area contributed by atoms with E-state index in [0.29, 0.717) is 18.5 Å². The number of amides is 1. The first-order chi connectivity index (χ1) is 7.22. The van der Waals surface area contributed by atoms with E-state index in [0.717, 1.165) is 12.8 Å². The fraction of sp³-hybridized carbons (Fsp3) is 0.500. The number of rotatable bonds is 4. The summed E-state index contributed by atoms with van der Waals surface area (Å²) in [4.78, 5) is 13.7. The van der Waals surface area contributed by atoms with Gasteiger partial charge in [-0.25, -0.2) is 0 Å². The van der Waals surface area contributed by atoms with Crippen molar-refractivity contribution < 1.29 is 9.21 Å². The topological polar surface area (TPSA) is 33.5 Å². The fourth-order valence-electron chi connectivity index (χ4n) is 1.50. The number of hydrogen-bond acceptors (Lipinski definition) is 2. The molecule has 2 rings (SSSR count). The Labute approximate surface area is 97.9 Å². The third-order valence-electron chi connectivity index (χ3n) is 2.36. The summed E-state index contributed by atoms with van der Waals surface area (Å²) in [5.74, 6) is 0.610. The Bertz CT molecular complexity index is 360. The molecule has 1 amide bonds. The summed E-state index contributed by atoms with van der Waals surface area (Å²) in [5, 5.41) is 0.236. The molecule has 1 aliphatic rings. The third kappa shape index (κ3) is 2.47. The molecule has 3 nitrogen and oxygen atoms in total. The summed E-state index contributed by atoms with van der Waals surface area (Å²) in [5.41, 5.74) is 0. The molecule has 0 radical (unpaired) electrons. The number of furan rings is 1. The van der Waals surface area contributed by atoms with Crippen molar-refractivity contribution in [3.8, 4) is 0 Å². The van der Waals surface area contributed by atoms with Crippen molar-refractivity contribution in [2.24, 2.45) is 0 Å². The van der Waals surface area contributed by atoms with Gasteiger partial charge in [0.05, 0.1) is 0 Å². The monoisotopic (exact) mass is 247 g/mol. The average molecular weight is 248 g/mol. The van der Waals surface area contributed by atoms with E-state index in [1.807, 2.05) is 0 Å². The van der Waals surface area contributed by atoms with Crippen molar-refractivity contribution in [2.75, 3.05) is 12.4 Å². The van der Waals surface area contributed by atoms with Gasteiger partial charge in [0.15, 0.2) is 11.0 Å².